The summed E-state index contributed by atoms with van der Waals surface area (Å²) in [5.74, 6) is 0.122. The van der Waals surface area contributed by atoms with Gasteiger partial charge in [-0.2, -0.15) is 0 Å². The van der Waals surface area contributed by atoms with Gasteiger partial charge >= 0.3 is 5.97 Å². The van der Waals surface area contributed by atoms with Crippen molar-refractivity contribution in [2.75, 3.05) is 0 Å². The van der Waals surface area contributed by atoms with Crippen molar-refractivity contribution < 1.29 is 19.2 Å². The highest BCUT2D eigenvalue weighted by molar-refractivity contribution is 6.13. The average Bonchev–Trinajstić information content (AvgIpc) is 2.95. The molecule has 7 heteroatoms. The zero-order valence-corrected chi connectivity index (χ0v) is 15.1. The predicted octanol–water partition coefficient (Wildman–Crippen LogP) is 4.03. The molecule has 0 saturated carbocycles. The normalized spacial score (nSPS) is 15.0. The van der Waals surface area contributed by atoms with E-state index in [0.29, 0.717) is 16.9 Å². The molecule has 1 aliphatic rings. The number of benzene rings is 2. The number of hydrogen-bond acceptors (Lipinski definition) is 6. The minimum atomic E-state index is -0.608. The van der Waals surface area contributed by atoms with E-state index in [-0.39, 0.29) is 23.4 Å². The van der Waals surface area contributed by atoms with Gasteiger partial charge in [0, 0.05) is 17.2 Å². The van der Waals surface area contributed by atoms with Crippen molar-refractivity contribution >= 4 is 23.6 Å². The van der Waals surface area contributed by atoms with Gasteiger partial charge in [-0.3, -0.25) is 10.1 Å². The van der Waals surface area contributed by atoms with Crippen LogP contribution in [0, 0.1) is 17.0 Å². The molecule has 0 fully saturated rings. The Balaban J connectivity index is 1.92. The molecule has 0 atom stereocenters. The Hall–Kier alpha value is -3.48. The summed E-state index contributed by atoms with van der Waals surface area (Å²) in [6.45, 7) is 5.50. The van der Waals surface area contributed by atoms with Crippen LogP contribution >= 0.6 is 0 Å². The molecule has 0 amide bonds. The van der Waals surface area contributed by atoms with E-state index in [1.54, 1.807) is 31.2 Å². The number of carbonyl (C=O) groups excluding carboxylic acids is 1. The van der Waals surface area contributed by atoms with Crippen molar-refractivity contribution in [1.29, 1.82) is 0 Å². The molecule has 0 aliphatic carbocycles. The van der Waals surface area contributed by atoms with Gasteiger partial charge in [-0.25, -0.2) is 9.79 Å². The fourth-order valence-corrected chi connectivity index (χ4v) is 2.58. The Morgan fingerprint density at radius 1 is 1.22 bits per heavy atom. The zero-order chi connectivity index (χ0) is 19.6. The molecule has 138 valence electrons. The van der Waals surface area contributed by atoms with Crippen LogP contribution in [0.3, 0.4) is 0 Å². The van der Waals surface area contributed by atoms with Gasteiger partial charge in [0.2, 0.25) is 5.90 Å². The molecular formula is C20H18N2O5. The highest BCUT2D eigenvalue weighted by Gasteiger charge is 2.25. The maximum Gasteiger partial charge on any atom is 0.363 e. The summed E-state index contributed by atoms with van der Waals surface area (Å²) in [5, 5.41) is 11.1. The van der Waals surface area contributed by atoms with Crippen molar-refractivity contribution in [3.63, 3.8) is 0 Å². The van der Waals surface area contributed by atoms with Gasteiger partial charge in [-0.05, 0) is 50.6 Å². The van der Waals surface area contributed by atoms with Crippen LogP contribution in [0.2, 0.25) is 0 Å². The monoisotopic (exact) mass is 366 g/mol. The van der Waals surface area contributed by atoms with Crippen LogP contribution in [-0.2, 0) is 9.53 Å². The van der Waals surface area contributed by atoms with Crippen molar-refractivity contribution in [3.05, 3.63) is 75.0 Å². The zero-order valence-electron chi connectivity index (χ0n) is 15.1. The lowest BCUT2D eigenvalue weighted by atomic mass is 10.1. The molecule has 0 bridgehead atoms. The van der Waals surface area contributed by atoms with E-state index in [9.17, 15) is 14.9 Å². The Morgan fingerprint density at radius 2 is 2.00 bits per heavy atom. The standard InChI is InChI=1S/C20H18N2O5/c1-12(2)26-16-6-4-5-14(9-16)10-17-20(23)27-19(21-17)15-8-7-13(3)18(11-15)22(24)25/h4-12H,1-3H3/b17-10-. The Bertz CT molecular complexity index is 976. The highest BCUT2D eigenvalue weighted by Crippen LogP contribution is 2.25. The lowest BCUT2D eigenvalue weighted by Crippen LogP contribution is -2.06. The highest BCUT2D eigenvalue weighted by atomic mass is 16.6. The van der Waals surface area contributed by atoms with E-state index < -0.39 is 10.9 Å². The lowest BCUT2D eigenvalue weighted by Gasteiger charge is -2.09. The quantitative estimate of drug-likeness (QED) is 0.345. The molecular weight excluding hydrogens is 348 g/mol. The first-order valence-electron chi connectivity index (χ1n) is 8.38. The second-order valence-corrected chi connectivity index (χ2v) is 6.33. The van der Waals surface area contributed by atoms with E-state index in [1.807, 2.05) is 32.0 Å². The average molecular weight is 366 g/mol. The molecule has 0 N–H and O–H groups in total. The summed E-state index contributed by atoms with van der Waals surface area (Å²) < 4.78 is 10.8. The topological polar surface area (TPSA) is 91.0 Å². The molecule has 2 aromatic carbocycles. The van der Waals surface area contributed by atoms with E-state index in [2.05, 4.69) is 4.99 Å². The minimum Gasteiger partial charge on any atom is -0.491 e. The molecule has 0 spiro atoms. The summed E-state index contributed by atoms with van der Waals surface area (Å²) >= 11 is 0. The number of rotatable bonds is 5. The molecule has 0 saturated heterocycles. The fraction of sp³-hybridized carbons (Fsp3) is 0.200. The smallest absolute Gasteiger partial charge is 0.363 e. The van der Waals surface area contributed by atoms with Crippen LogP contribution in [0.5, 0.6) is 5.75 Å². The number of nitro groups is 1. The maximum atomic E-state index is 12.1. The first-order chi connectivity index (χ1) is 12.8. The van der Waals surface area contributed by atoms with Gasteiger partial charge in [0.25, 0.3) is 5.69 Å². The molecule has 1 aliphatic heterocycles. The lowest BCUT2D eigenvalue weighted by molar-refractivity contribution is -0.385. The van der Waals surface area contributed by atoms with Crippen LogP contribution in [0.25, 0.3) is 6.08 Å². The number of hydrogen-bond donors (Lipinski definition) is 0. The van der Waals surface area contributed by atoms with E-state index in [4.69, 9.17) is 9.47 Å². The maximum absolute atomic E-state index is 12.1. The Labute approximate surface area is 156 Å². The van der Waals surface area contributed by atoms with E-state index in [1.165, 1.54) is 6.07 Å². The number of aryl methyl sites for hydroxylation is 1. The van der Waals surface area contributed by atoms with Crippen LogP contribution in [0.1, 0.15) is 30.5 Å². The molecule has 3 rings (SSSR count). The van der Waals surface area contributed by atoms with E-state index >= 15 is 0 Å². The molecule has 27 heavy (non-hydrogen) atoms. The van der Waals surface area contributed by atoms with E-state index in [0.717, 1.165) is 5.56 Å². The third-order valence-electron chi connectivity index (χ3n) is 3.81. The van der Waals surface area contributed by atoms with Crippen molar-refractivity contribution in [3.8, 4) is 5.75 Å². The number of ether oxygens (including phenoxy) is 2. The molecule has 0 radical (unpaired) electrons. The van der Waals surface area contributed by atoms with Crippen molar-refractivity contribution in [2.45, 2.75) is 26.9 Å². The number of nitrogens with zero attached hydrogens (tertiary/aromatic N) is 2. The second kappa shape index (κ2) is 7.41. The SMILES string of the molecule is Cc1ccc(C2=N/C(=C\c3cccc(OC(C)C)c3)C(=O)O2)cc1[N+](=O)[O-]. The number of aliphatic imine (C=N–C) groups is 1. The third-order valence-corrected chi connectivity index (χ3v) is 3.81. The first-order valence-corrected chi connectivity index (χ1v) is 8.38. The Kier molecular flexibility index (Phi) is 5.03. The van der Waals surface area contributed by atoms with Gasteiger partial charge in [0.15, 0.2) is 5.70 Å². The molecule has 2 aromatic rings. The summed E-state index contributed by atoms with van der Waals surface area (Å²) in [4.78, 5) is 27.0. The van der Waals surface area contributed by atoms with Gasteiger partial charge in [0.1, 0.15) is 5.75 Å². The minimum absolute atomic E-state index is 0.0336. The summed E-state index contributed by atoms with van der Waals surface area (Å²) in [6.07, 6.45) is 1.62. The molecule has 1 heterocycles. The fourth-order valence-electron chi connectivity index (χ4n) is 2.58. The van der Waals surface area contributed by atoms with Crippen LogP contribution in [0.15, 0.2) is 53.2 Å². The number of cyclic esters (lactones) is 1. The summed E-state index contributed by atoms with van der Waals surface area (Å²) in [5.41, 5.74) is 1.70. The van der Waals surface area contributed by atoms with Crippen molar-refractivity contribution in [1.82, 2.24) is 0 Å². The third kappa shape index (κ3) is 4.20. The van der Waals surface area contributed by atoms with Gasteiger partial charge in [0.05, 0.1) is 11.0 Å². The predicted molar refractivity (Wildman–Crippen MR) is 101 cm³/mol. The van der Waals surface area contributed by atoms with Gasteiger partial charge < -0.3 is 9.47 Å². The van der Waals surface area contributed by atoms with Gasteiger partial charge in [-0.15, -0.1) is 0 Å². The number of esters is 1. The van der Waals surface area contributed by atoms with Crippen LogP contribution < -0.4 is 4.74 Å². The second-order valence-electron chi connectivity index (χ2n) is 6.33. The number of carbonyl (C=O) groups is 1. The van der Waals surface area contributed by atoms with Crippen LogP contribution in [-0.4, -0.2) is 22.9 Å². The Morgan fingerprint density at radius 3 is 2.70 bits per heavy atom. The number of nitro benzene ring substituents is 1. The summed E-state index contributed by atoms with van der Waals surface area (Å²) in [7, 11) is 0. The summed E-state index contributed by atoms with van der Waals surface area (Å²) in [6, 6.07) is 11.8. The largest absolute Gasteiger partial charge is 0.491 e. The molecule has 0 unspecified atom stereocenters. The first kappa shape index (κ1) is 18.3. The molecule has 0 aromatic heterocycles. The molecule has 7 nitrogen and oxygen atoms in total. The van der Waals surface area contributed by atoms with Crippen molar-refractivity contribution in [2.24, 2.45) is 4.99 Å². The van der Waals surface area contributed by atoms with Crippen LogP contribution in [0.4, 0.5) is 5.69 Å². The van der Waals surface area contributed by atoms with Gasteiger partial charge in [-0.1, -0.05) is 18.2 Å².